The second kappa shape index (κ2) is 8.50. The van der Waals surface area contributed by atoms with Crippen molar-refractivity contribution < 1.29 is 14.3 Å². The first-order chi connectivity index (χ1) is 14.4. The van der Waals surface area contributed by atoms with Crippen molar-refractivity contribution in [1.82, 2.24) is 19.9 Å². The number of imidazole rings is 1. The van der Waals surface area contributed by atoms with Gasteiger partial charge in [-0.25, -0.2) is 19.7 Å². The molecule has 0 saturated heterocycles. The average Bonchev–Trinajstić information content (AvgIpc) is 3.02. The third kappa shape index (κ3) is 6.39. The lowest BCUT2D eigenvalue weighted by atomic mass is 10.1. The lowest BCUT2D eigenvalue weighted by Gasteiger charge is -2.27. The molecule has 0 bridgehead atoms. The molecule has 2 heterocycles. The number of ether oxygens (including phenoxy) is 2. The molecule has 0 fully saturated rings. The Morgan fingerprint density at radius 1 is 1.10 bits per heavy atom. The van der Waals surface area contributed by atoms with Gasteiger partial charge in [-0.15, -0.1) is 0 Å². The van der Waals surface area contributed by atoms with Gasteiger partial charge in [0.25, 0.3) is 0 Å². The molecule has 0 aliphatic rings. The Kier molecular flexibility index (Phi) is 6.17. The van der Waals surface area contributed by atoms with Gasteiger partial charge in [0.05, 0.1) is 23.2 Å². The average molecular weight is 427 g/mol. The molecule has 31 heavy (non-hydrogen) atoms. The number of aromatic nitrogens is 4. The number of H-pyrrole nitrogens is 1. The number of benzene rings is 1. The summed E-state index contributed by atoms with van der Waals surface area (Å²) in [5.41, 5.74) is 8.04. The fourth-order valence-electron chi connectivity index (χ4n) is 2.79. The smallest absolute Gasteiger partial charge is 0.331 e. The summed E-state index contributed by atoms with van der Waals surface area (Å²) in [7, 11) is 0. The van der Waals surface area contributed by atoms with Crippen LogP contribution in [0.15, 0.2) is 30.6 Å². The molecule has 4 N–H and O–H groups in total. The molecule has 1 atom stereocenters. The molecule has 2 aromatic heterocycles. The minimum atomic E-state index is -0.743. The van der Waals surface area contributed by atoms with Crippen LogP contribution in [0, 0.1) is 0 Å². The SMILES string of the molecule is CC(C)(C)OCC(Nc1ncc(-c2ccc3[nH]c(N)nc3c2)cn1)C(=O)OC(C)(C)C. The number of nitrogen functional groups attached to an aromatic ring is 1. The molecule has 0 saturated carbocycles. The lowest BCUT2D eigenvalue weighted by Crippen LogP contribution is -2.41. The Bertz CT molecular complexity index is 1050. The fourth-order valence-corrected chi connectivity index (χ4v) is 2.79. The van der Waals surface area contributed by atoms with Crippen LogP contribution < -0.4 is 11.1 Å². The van der Waals surface area contributed by atoms with Crippen LogP contribution in [0.25, 0.3) is 22.2 Å². The van der Waals surface area contributed by atoms with E-state index in [1.54, 1.807) is 12.4 Å². The van der Waals surface area contributed by atoms with Crippen LogP contribution in [-0.4, -0.2) is 49.8 Å². The van der Waals surface area contributed by atoms with E-state index < -0.39 is 23.2 Å². The monoisotopic (exact) mass is 426 g/mol. The summed E-state index contributed by atoms with van der Waals surface area (Å²) >= 11 is 0. The van der Waals surface area contributed by atoms with Crippen LogP contribution in [0.3, 0.4) is 0 Å². The summed E-state index contributed by atoms with van der Waals surface area (Å²) < 4.78 is 11.3. The van der Waals surface area contributed by atoms with Crippen molar-refractivity contribution in [3.05, 3.63) is 30.6 Å². The van der Waals surface area contributed by atoms with E-state index in [1.165, 1.54) is 0 Å². The number of anilines is 2. The molecule has 9 heteroatoms. The number of carbonyl (C=O) groups excluding carboxylic acids is 1. The van der Waals surface area contributed by atoms with Crippen molar-refractivity contribution in [2.75, 3.05) is 17.7 Å². The standard InChI is InChI=1S/C22H30N6O3/c1-21(2,3)30-12-17(18(29)31-22(4,5)6)28-20-24-10-14(11-25-20)13-7-8-15-16(9-13)27-19(23)26-15/h7-11,17H,12H2,1-6H3,(H3,23,26,27)(H,24,25,28). The topological polar surface area (TPSA) is 128 Å². The highest BCUT2D eigenvalue weighted by molar-refractivity contribution is 5.83. The molecule has 0 aliphatic heterocycles. The first kappa shape index (κ1) is 22.5. The highest BCUT2D eigenvalue weighted by Gasteiger charge is 2.28. The van der Waals surface area contributed by atoms with Crippen LogP contribution in [-0.2, 0) is 14.3 Å². The molecule has 0 amide bonds. The Labute approximate surface area is 181 Å². The zero-order chi connectivity index (χ0) is 22.8. The summed E-state index contributed by atoms with van der Waals surface area (Å²) in [6.45, 7) is 11.4. The lowest BCUT2D eigenvalue weighted by molar-refractivity contribution is -0.158. The van der Waals surface area contributed by atoms with Crippen molar-refractivity contribution >= 4 is 28.9 Å². The van der Waals surface area contributed by atoms with Crippen molar-refractivity contribution in [3.8, 4) is 11.1 Å². The zero-order valence-corrected chi connectivity index (χ0v) is 18.8. The highest BCUT2D eigenvalue weighted by atomic mass is 16.6. The Morgan fingerprint density at radius 2 is 1.77 bits per heavy atom. The van der Waals surface area contributed by atoms with Crippen LogP contribution in [0.1, 0.15) is 41.5 Å². The minimum absolute atomic E-state index is 0.126. The number of fused-ring (bicyclic) bond motifs is 1. The second-order valence-electron chi connectivity index (χ2n) is 9.30. The Hall–Kier alpha value is -3.20. The molecule has 166 valence electrons. The molecule has 1 unspecified atom stereocenters. The predicted octanol–water partition coefficient (Wildman–Crippen LogP) is 3.54. The van der Waals surface area contributed by atoms with E-state index in [4.69, 9.17) is 15.2 Å². The van der Waals surface area contributed by atoms with Gasteiger partial charge in [-0.1, -0.05) is 6.07 Å². The maximum absolute atomic E-state index is 12.7. The number of hydrogen-bond donors (Lipinski definition) is 3. The van der Waals surface area contributed by atoms with Crippen molar-refractivity contribution in [2.24, 2.45) is 0 Å². The van der Waals surface area contributed by atoms with Gasteiger partial charge >= 0.3 is 5.97 Å². The number of aromatic amines is 1. The normalized spacial score (nSPS) is 13.2. The number of nitrogens with one attached hydrogen (secondary N) is 2. The van der Waals surface area contributed by atoms with E-state index in [-0.39, 0.29) is 6.61 Å². The van der Waals surface area contributed by atoms with E-state index in [0.717, 1.165) is 22.2 Å². The fraction of sp³-hybridized carbons (Fsp3) is 0.455. The Balaban J connectivity index is 1.76. The first-order valence-electron chi connectivity index (χ1n) is 10.1. The minimum Gasteiger partial charge on any atom is -0.458 e. The molecule has 9 nitrogen and oxygen atoms in total. The molecule has 0 spiro atoms. The number of hydrogen-bond acceptors (Lipinski definition) is 8. The highest BCUT2D eigenvalue weighted by Crippen LogP contribution is 2.23. The van der Waals surface area contributed by atoms with Crippen molar-refractivity contribution in [1.29, 1.82) is 0 Å². The summed E-state index contributed by atoms with van der Waals surface area (Å²) in [5, 5.41) is 3.03. The van der Waals surface area contributed by atoms with Gasteiger partial charge in [-0.05, 0) is 59.2 Å². The van der Waals surface area contributed by atoms with E-state index in [2.05, 4.69) is 25.3 Å². The van der Waals surface area contributed by atoms with Crippen LogP contribution >= 0.6 is 0 Å². The van der Waals surface area contributed by atoms with Gasteiger partial charge in [-0.2, -0.15) is 0 Å². The van der Waals surface area contributed by atoms with Gasteiger partial charge in [-0.3, -0.25) is 0 Å². The van der Waals surface area contributed by atoms with Gasteiger partial charge < -0.3 is 25.5 Å². The molecule has 3 rings (SSSR count). The number of nitrogens with two attached hydrogens (primary N) is 1. The van der Waals surface area contributed by atoms with E-state index in [1.807, 2.05) is 59.7 Å². The number of carbonyl (C=O) groups is 1. The van der Waals surface area contributed by atoms with Gasteiger partial charge in [0.15, 0.2) is 12.0 Å². The second-order valence-corrected chi connectivity index (χ2v) is 9.30. The van der Waals surface area contributed by atoms with Crippen LogP contribution in [0.4, 0.5) is 11.9 Å². The quantitative estimate of drug-likeness (QED) is 0.511. The van der Waals surface area contributed by atoms with Gasteiger partial charge in [0.2, 0.25) is 5.95 Å². The molecular weight excluding hydrogens is 396 g/mol. The van der Waals surface area contributed by atoms with E-state index in [9.17, 15) is 4.79 Å². The first-order valence-corrected chi connectivity index (χ1v) is 10.1. The van der Waals surface area contributed by atoms with E-state index >= 15 is 0 Å². The van der Waals surface area contributed by atoms with Crippen molar-refractivity contribution in [2.45, 2.75) is 58.8 Å². The van der Waals surface area contributed by atoms with Gasteiger partial charge in [0, 0.05) is 18.0 Å². The van der Waals surface area contributed by atoms with Gasteiger partial charge in [0.1, 0.15) is 5.60 Å². The third-order valence-electron chi connectivity index (χ3n) is 4.16. The summed E-state index contributed by atoms with van der Waals surface area (Å²) in [4.78, 5) is 28.6. The number of nitrogens with zero attached hydrogens (tertiary/aromatic N) is 3. The Morgan fingerprint density at radius 3 is 2.39 bits per heavy atom. The third-order valence-corrected chi connectivity index (χ3v) is 4.16. The number of esters is 1. The van der Waals surface area contributed by atoms with Crippen LogP contribution in [0.2, 0.25) is 0 Å². The molecule has 0 aliphatic carbocycles. The maximum Gasteiger partial charge on any atom is 0.331 e. The molecule has 0 radical (unpaired) electrons. The zero-order valence-electron chi connectivity index (χ0n) is 18.8. The summed E-state index contributed by atoms with van der Waals surface area (Å²) in [6, 6.07) is 5.01. The maximum atomic E-state index is 12.7. The van der Waals surface area contributed by atoms with E-state index in [0.29, 0.717) is 11.9 Å². The van der Waals surface area contributed by atoms with Crippen LogP contribution in [0.5, 0.6) is 0 Å². The predicted molar refractivity (Wildman–Crippen MR) is 120 cm³/mol. The molecule has 1 aromatic carbocycles. The summed E-state index contributed by atoms with van der Waals surface area (Å²) in [6.07, 6.45) is 3.37. The van der Waals surface area contributed by atoms with Crippen molar-refractivity contribution in [3.63, 3.8) is 0 Å². The summed E-state index contributed by atoms with van der Waals surface area (Å²) in [5.74, 6) is 0.252. The largest absolute Gasteiger partial charge is 0.458 e. The molecular formula is C22H30N6O3. The number of rotatable bonds is 6. The molecule has 3 aromatic rings.